The van der Waals surface area contributed by atoms with E-state index < -0.39 is 17.8 Å². The Labute approximate surface area is 236 Å². The second-order valence-electron chi connectivity index (χ2n) is 10.6. The number of aryl methyl sites for hydroxylation is 2. The number of halogens is 3. The van der Waals surface area contributed by atoms with Gasteiger partial charge < -0.3 is 18.9 Å². The number of esters is 1. The highest BCUT2D eigenvalue weighted by Crippen LogP contribution is 2.48. The maximum atomic E-state index is 14.3. The molecule has 0 bridgehead atoms. The Morgan fingerprint density at radius 2 is 1.68 bits per heavy atom. The van der Waals surface area contributed by atoms with Gasteiger partial charge in [-0.15, -0.1) is 0 Å². The van der Waals surface area contributed by atoms with Gasteiger partial charge in [0.05, 0.1) is 25.7 Å². The molecule has 3 aromatic carbocycles. The highest BCUT2D eigenvalue weighted by atomic mass is 19.4. The summed E-state index contributed by atoms with van der Waals surface area (Å²) in [4.78, 5) is 23.1. The number of benzene rings is 3. The van der Waals surface area contributed by atoms with Crippen molar-refractivity contribution in [2.75, 3.05) is 20.3 Å². The van der Waals surface area contributed by atoms with Crippen molar-refractivity contribution in [1.29, 1.82) is 0 Å². The lowest BCUT2D eigenvalue weighted by molar-refractivity contribution is -0.141. The summed E-state index contributed by atoms with van der Waals surface area (Å²) in [5.41, 5.74) is 3.46. The number of ether oxygens (including phenoxy) is 4. The van der Waals surface area contributed by atoms with Crippen molar-refractivity contribution in [3.8, 4) is 28.4 Å². The lowest BCUT2D eigenvalue weighted by Crippen LogP contribution is -2.12. The first-order valence-electron chi connectivity index (χ1n) is 13.4. The molecule has 2 aliphatic rings. The van der Waals surface area contributed by atoms with Crippen LogP contribution in [-0.2, 0) is 26.9 Å². The summed E-state index contributed by atoms with van der Waals surface area (Å²) < 4.78 is 65.4. The average molecular weight is 569 g/mol. The number of hydrogen-bond acceptors (Lipinski definition) is 6. The number of alkyl halides is 3. The smallest absolute Gasteiger partial charge is 0.417 e. The van der Waals surface area contributed by atoms with Gasteiger partial charge in [-0.25, -0.2) is 0 Å². The van der Waals surface area contributed by atoms with Gasteiger partial charge in [0.1, 0.15) is 30.0 Å². The molecule has 1 aliphatic heterocycles. The van der Waals surface area contributed by atoms with E-state index in [1.54, 1.807) is 38.1 Å². The summed E-state index contributed by atoms with van der Waals surface area (Å²) in [6.45, 7) is 5.17. The van der Waals surface area contributed by atoms with Crippen LogP contribution in [0.1, 0.15) is 65.2 Å². The predicted octanol–water partition coefficient (Wildman–Crippen LogP) is 7.06. The van der Waals surface area contributed by atoms with Gasteiger partial charge in [-0.1, -0.05) is 12.1 Å². The number of fused-ring (bicyclic) bond motifs is 2. The van der Waals surface area contributed by atoms with Gasteiger partial charge >= 0.3 is 12.1 Å². The van der Waals surface area contributed by atoms with Crippen molar-refractivity contribution in [3.05, 3.63) is 75.8 Å². The molecule has 2 atom stereocenters. The first-order valence-corrected chi connectivity index (χ1v) is 13.4. The van der Waals surface area contributed by atoms with E-state index in [2.05, 4.69) is 0 Å². The van der Waals surface area contributed by atoms with E-state index in [9.17, 15) is 22.8 Å². The lowest BCUT2D eigenvalue weighted by Gasteiger charge is -2.22. The molecule has 1 aliphatic carbocycles. The molecule has 216 valence electrons. The largest absolute Gasteiger partial charge is 0.492 e. The molecule has 5 rings (SSSR count). The molecule has 6 nitrogen and oxygen atoms in total. The number of carbonyl (C=O) groups is 2. The summed E-state index contributed by atoms with van der Waals surface area (Å²) in [7, 11) is 1.35. The molecule has 0 saturated carbocycles. The fraction of sp³-hybridized carbons (Fsp3) is 0.375. The molecule has 0 fully saturated rings. The van der Waals surface area contributed by atoms with Gasteiger partial charge in [0.2, 0.25) is 0 Å². The van der Waals surface area contributed by atoms with E-state index in [1.807, 2.05) is 6.07 Å². The highest BCUT2D eigenvalue weighted by molar-refractivity contribution is 5.80. The van der Waals surface area contributed by atoms with Crippen molar-refractivity contribution in [1.82, 2.24) is 0 Å². The maximum absolute atomic E-state index is 14.3. The normalized spacial score (nSPS) is 17.4. The Morgan fingerprint density at radius 1 is 0.976 bits per heavy atom. The van der Waals surface area contributed by atoms with Crippen LogP contribution < -0.4 is 14.2 Å². The molecule has 0 radical (unpaired) electrons. The van der Waals surface area contributed by atoms with Crippen LogP contribution >= 0.6 is 0 Å². The van der Waals surface area contributed by atoms with Crippen LogP contribution in [0.15, 0.2) is 42.5 Å². The fourth-order valence-corrected chi connectivity index (χ4v) is 5.84. The van der Waals surface area contributed by atoms with E-state index in [4.69, 9.17) is 18.9 Å². The maximum Gasteiger partial charge on any atom is 0.417 e. The van der Waals surface area contributed by atoms with Crippen molar-refractivity contribution in [2.45, 2.75) is 58.2 Å². The van der Waals surface area contributed by atoms with E-state index in [0.717, 1.165) is 11.6 Å². The number of hydrogen-bond donors (Lipinski definition) is 0. The van der Waals surface area contributed by atoms with Crippen molar-refractivity contribution in [2.24, 2.45) is 0 Å². The molecule has 41 heavy (non-hydrogen) atoms. The third kappa shape index (κ3) is 5.76. The van der Waals surface area contributed by atoms with Crippen molar-refractivity contribution < 1.29 is 41.7 Å². The fourth-order valence-electron chi connectivity index (χ4n) is 5.84. The summed E-state index contributed by atoms with van der Waals surface area (Å²) in [6, 6.07) is 11.4. The molecule has 0 unspecified atom stereocenters. The molecule has 9 heteroatoms. The third-order valence-electron chi connectivity index (χ3n) is 7.64. The second-order valence-corrected chi connectivity index (χ2v) is 10.6. The molecular formula is C32H31F3O6. The van der Waals surface area contributed by atoms with Gasteiger partial charge in [-0.3, -0.25) is 9.59 Å². The van der Waals surface area contributed by atoms with Crippen LogP contribution in [0.2, 0.25) is 0 Å². The van der Waals surface area contributed by atoms with E-state index >= 15 is 0 Å². The Hall–Kier alpha value is -4.01. The van der Waals surface area contributed by atoms with Gasteiger partial charge in [0, 0.05) is 17.5 Å². The number of methoxy groups -OCH3 is 1. The number of ketones is 1. The van der Waals surface area contributed by atoms with Gasteiger partial charge in [0.15, 0.2) is 5.78 Å². The predicted molar refractivity (Wildman–Crippen MR) is 146 cm³/mol. The first-order chi connectivity index (χ1) is 19.5. The molecule has 0 spiro atoms. The van der Waals surface area contributed by atoms with Gasteiger partial charge in [-0.05, 0) is 91.3 Å². The Balaban J connectivity index is 1.48. The first kappa shape index (κ1) is 28.5. The van der Waals surface area contributed by atoms with Crippen LogP contribution in [0.25, 0.3) is 11.1 Å². The Kier molecular flexibility index (Phi) is 7.72. The second kappa shape index (κ2) is 11.1. The van der Waals surface area contributed by atoms with Crippen LogP contribution in [0.5, 0.6) is 17.2 Å². The molecule has 1 heterocycles. The highest BCUT2D eigenvalue weighted by Gasteiger charge is 2.39. The molecule has 0 aromatic heterocycles. The Morgan fingerprint density at radius 3 is 2.34 bits per heavy atom. The minimum Gasteiger partial charge on any atom is -0.492 e. The van der Waals surface area contributed by atoms with E-state index in [-0.39, 0.29) is 36.3 Å². The van der Waals surface area contributed by atoms with Crippen LogP contribution in [0.4, 0.5) is 13.2 Å². The minimum atomic E-state index is -4.55. The average Bonchev–Trinajstić information content (AvgIpc) is 3.50. The summed E-state index contributed by atoms with van der Waals surface area (Å²) in [5, 5.41) is 0. The number of rotatable bonds is 8. The van der Waals surface area contributed by atoms with Gasteiger partial charge in [-0.2, -0.15) is 13.2 Å². The number of carbonyl (C=O) groups excluding carboxylic acids is 2. The minimum absolute atomic E-state index is 0.104. The molecule has 3 aromatic rings. The van der Waals surface area contributed by atoms with E-state index in [0.29, 0.717) is 64.5 Å². The summed E-state index contributed by atoms with van der Waals surface area (Å²) in [5.74, 6) is 1.04. The standard InChI is InChI=1S/C32H31F3O6/c1-17-11-22(39-15-19(3)36)12-18(2)30(17)31-25-8-10-27(24(25)7-9-26(31)32(33,34)35)41-21-5-6-23-20(13-29(37)38-4)16-40-28(23)14-21/h5-7,9,11-12,14,20,27H,8,10,13,15-16H2,1-4H3/t20-,27-/m1/s1. The Bertz CT molecular complexity index is 1490. The van der Waals surface area contributed by atoms with Crippen molar-refractivity contribution in [3.63, 3.8) is 0 Å². The molecular weight excluding hydrogens is 537 g/mol. The van der Waals surface area contributed by atoms with Gasteiger partial charge in [0.25, 0.3) is 0 Å². The molecule has 0 N–H and O–H groups in total. The third-order valence-corrected chi connectivity index (χ3v) is 7.64. The summed E-state index contributed by atoms with van der Waals surface area (Å²) >= 11 is 0. The van der Waals surface area contributed by atoms with Crippen LogP contribution in [0, 0.1) is 13.8 Å². The quantitative estimate of drug-likeness (QED) is 0.271. The van der Waals surface area contributed by atoms with E-state index in [1.165, 1.54) is 20.1 Å². The van der Waals surface area contributed by atoms with Crippen LogP contribution in [-0.4, -0.2) is 32.1 Å². The zero-order valence-electron chi connectivity index (χ0n) is 23.3. The summed E-state index contributed by atoms with van der Waals surface area (Å²) in [6.07, 6.45) is -3.83. The molecule has 0 amide bonds. The lowest BCUT2D eigenvalue weighted by atomic mass is 9.86. The monoisotopic (exact) mass is 568 g/mol. The number of Topliss-reactive ketones (excluding diaryl/α,β-unsaturated/α-hetero) is 1. The SMILES string of the molecule is COC(=O)C[C@@H]1COc2cc(O[C@@H]3CCc4c3ccc(C(F)(F)F)c4-c3c(C)cc(OCC(C)=O)cc3C)ccc21. The zero-order chi connectivity index (χ0) is 29.5. The molecule has 0 saturated heterocycles. The zero-order valence-corrected chi connectivity index (χ0v) is 23.3. The van der Waals surface area contributed by atoms with Crippen LogP contribution in [0.3, 0.4) is 0 Å². The van der Waals surface area contributed by atoms with Crippen molar-refractivity contribution >= 4 is 11.8 Å². The topological polar surface area (TPSA) is 71.1 Å².